The van der Waals surface area contributed by atoms with Gasteiger partial charge in [0.1, 0.15) is 10.9 Å². The van der Waals surface area contributed by atoms with Gasteiger partial charge in [-0.2, -0.15) is 0 Å². The summed E-state index contributed by atoms with van der Waals surface area (Å²) in [6, 6.07) is 2.51. The summed E-state index contributed by atoms with van der Waals surface area (Å²) in [7, 11) is 0. The van der Waals surface area contributed by atoms with Gasteiger partial charge in [-0.15, -0.1) is 10.2 Å². The summed E-state index contributed by atoms with van der Waals surface area (Å²) in [4.78, 5) is 11.6. The first-order valence-electron chi connectivity index (χ1n) is 9.63. The summed E-state index contributed by atoms with van der Waals surface area (Å²) in [6.45, 7) is 10.9. The van der Waals surface area contributed by atoms with Crippen molar-refractivity contribution in [2.75, 3.05) is 18.0 Å². The number of aromatic nitrogens is 5. The van der Waals surface area contributed by atoms with E-state index in [9.17, 15) is 0 Å². The summed E-state index contributed by atoms with van der Waals surface area (Å²) in [5.41, 5.74) is -0.0591. The van der Waals surface area contributed by atoms with Crippen molar-refractivity contribution in [3.63, 3.8) is 0 Å². The summed E-state index contributed by atoms with van der Waals surface area (Å²) < 4.78 is 2.35. The third-order valence-corrected chi connectivity index (χ3v) is 6.02. The molecule has 2 aromatic heterocycles. The average molecular weight is 373 g/mol. The van der Waals surface area contributed by atoms with Crippen molar-refractivity contribution in [1.82, 2.24) is 24.7 Å². The number of hydrogen-bond donors (Lipinski definition) is 0. The van der Waals surface area contributed by atoms with Crippen molar-refractivity contribution < 1.29 is 0 Å². The van der Waals surface area contributed by atoms with E-state index >= 15 is 0 Å². The molecule has 2 aromatic rings. The molecule has 0 atom stereocenters. The maximum atomic E-state index is 4.75. The molecule has 140 valence electrons. The number of rotatable bonds is 4. The first-order chi connectivity index (χ1) is 12.4. The second-order valence-corrected chi connectivity index (χ2v) is 9.61. The van der Waals surface area contributed by atoms with Crippen molar-refractivity contribution >= 4 is 17.7 Å². The van der Waals surface area contributed by atoms with E-state index in [-0.39, 0.29) is 5.41 Å². The molecule has 1 aliphatic heterocycles. The van der Waals surface area contributed by atoms with E-state index in [1.165, 1.54) is 25.7 Å². The Bertz CT molecular complexity index is 769. The van der Waals surface area contributed by atoms with E-state index in [4.69, 9.17) is 4.98 Å². The maximum absolute atomic E-state index is 4.75. The standard InChI is InChI=1S/C19H28N6S/c1-13-8-11-24(12-9-13)17-22-23-18(25(17)14-5-6-14)26-15-7-10-20-16(21-15)19(2,3)4/h7,10,13-14H,5-6,8-9,11-12H2,1-4H3. The first kappa shape index (κ1) is 17.8. The van der Waals surface area contributed by atoms with Crippen LogP contribution in [0.4, 0.5) is 5.95 Å². The van der Waals surface area contributed by atoms with Crippen LogP contribution in [0.5, 0.6) is 0 Å². The molecule has 1 aliphatic carbocycles. The highest BCUT2D eigenvalue weighted by molar-refractivity contribution is 7.99. The van der Waals surface area contributed by atoms with E-state index in [2.05, 4.69) is 52.3 Å². The van der Waals surface area contributed by atoms with Crippen molar-refractivity contribution in [3.05, 3.63) is 18.1 Å². The molecule has 1 saturated heterocycles. The molecule has 0 radical (unpaired) electrons. The normalized spacial score (nSPS) is 19.2. The topological polar surface area (TPSA) is 59.7 Å². The fourth-order valence-electron chi connectivity index (χ4n) is 3.27. The second-order valence-electron chi connectivity index (χ2n) is 8.62. The molecule has 2 aliphatic rings. The van der Waals surface area contributed by atoms with E-state index < -0.39 is 0 Å². The Hall–Kier alpha value is -1.63. The van der Waals surface area contributed by atoms with Crippen LogP contribution in [0.2, 0.25) is 0 Å². The van der Waals surface area contributed by atoms with E-state index in [1.54, 1.807) is 11.8 Å². The highest BCUT2D eigenvalue weighted by Gasteiger charge is 2.33. The molecule has 0 aromatic carbocycles. The number of nitrogens with zero attached hydrogens (tertiary/aromatic N) is 6. The Morgan fingerprint density at radius 1 is 1.08 bits per heavy atom. The van der Waals surface area contributed by atoms with Crippen LogP contribution in [-0.4, -0.2) is 37.8 Å². The lowest BCUT2D eigenvalue weighted by Gasteiger charge is -2.31. The molecule has 7 heteroatoms. The number of hydrogen-bond acceptors (Lipinski definition) is 6. The quantitative estimate of drug-likeness (QED) is 0.754. The van der Waals surface area contributed by atoms with Crippen LogP contribution in [-0.2, 0) is 5.41 Å². The lowest BCUT2D eigenvalue weighted by molar-refractivity contribution is 0.429. The zero-order valence-corrected chi connectivity index (χ0v) is 17.0. The predicted octanol–water partition coefficient (Wildman–Crippen LogP) is 4.09. The van der Waals surface area contributed by atoms with Gasteiger partial charge in [0.25, 0.3) is 0 Å². The Kier molecular flexibility index (Phi) is 4.67. The van der Waals surface area contributed by atoms with Gasteiger partial charge in [-0.3, -0.25) is 4.57 Å². The lowest BCUT2D eigenvalue weighted by atomic mass is 9.96. The molecule has 2 fully saturated rings. The smallest absolute Gasteiger partial charge is 0.228 e. The van der Waals surface area contributed by atoms with E-state index in [0.29, 0.717) is 6.04 Å². The summed E-state index contributed by atoms with van der Waals surface area (Å²) in [6.07, 6.45) is 6.77. The minimum absolute atomic E-state index is 0.0591. The molecule has 0 N–H and O–H groups in total. The third-order valence-electron chi connectivity index (χ3n) is 5.12. The molecule has 3 heterocycles. The van der Waals surface area contributed by atoms with Gasteiger partial charge in [0.05, 0.1) is 0 Å². The molecule has 0 unspecified atom stereocenters. The van der Waals surface area contributed by atoms with Crippen LogP contribution in [0.25, 0.3) is 0 Å². The maximum Gasteiger partial charge on any atom is 0.228 e. The van der Waals surface area contributed by atoms with Crippen LogP contribution in [0.15, 0.2) is 22.4 Å². The molecule has 0 bridgehead atoms. The molecule has 1 saturated carbocycles. The van der Waals surface area contributed by atoms with Crippen LogP contribution < -0.4 is 4.90 Å². The van der Waals surface area contributed by atoms with E-state index in [0.717, 1.165) is 41.0 Å². The Morgan fingerprint density at radius 2 is 1.81 bits per heavy atom. The van der Waals surface area contributed by atoms with Crippen LogP contribution in [0, 0.1) is 5.92 Å². The van der Waals surface area contributed by atoms with Gasteiger partial charge in [-0.05, 0) is 49.4 Å². The SMILES string of the molecule is CC1CCN(c2nnc(Sc3ccnc(C(C)(C)C)n3)n2C2CC2)CC1. The summed E-state index contributed by atoms with van der Waals surface area (Å²) in [5, 5.41) is 11.0. The second kappa shape index (κ2) is 6.83. The first-order valence-corrected chi connectivity index (χ1v) is 10.4. The fraction of sp³-hybridized carbons (Fsp3) is 0.684. The highest BCUT2D eigenvalue weighted by Crippen LogP contribution is 2.42. The lowest BCUT2D eigenvalue weighted by Crippen LogP contribution is -2.34. The Balaban J connectivity index is 1.60. The Morgan fingerprint density at radius 3 is 2.46 bits per heavy atom. The van der Waals surface area contributed by atoms with Crippen LogP contribution >= 0.6 is 11.8 Å². The van der Waals surface area contributed by atoms with Crippen molar-refractivity contribution in [3.8, 4) is 0 Å². The monoisotopic (exact) mass is 372 g/mol. The third kappa shape index (κ3) is 3.72. The Labute approximate surface area is 159 Å². The predicted molar refractivity (Wildman–Crippen MR) is 104 cm³/mol. The minimum atomic E-state index is -0.0591. The molecular formula is C19H28N6S. The van der Waals surface area contributed by atoms with E-state index in [1.807, 2.05) is 12.3 Å². The number of piperidine rings is 1. The van der Waals surface area contributed by atoms with Gasteiger partial charge < -0.3 is 4.90 Å². The van der Waals surface area contributed by atoms with Gasteiger partial charge in [0.2, 0.25) is 5.95 Å². The molecule has 0 amide bonds. The van der Waals surface area contributed by atoms with Crippen molar-refractivity contribution in [1.29, 1.82) is 0 Å². The minimum Gasteiger partial charge on any atom is -0.341 e. The van der Waals surface area contributed by atoms with Crippen LogP contribution in [0.1, 0.15) is 65.2 Å². The highest BCUT2D eigenvalue weighted by atomic mass is 32.2. The van der Waals surface area contributed by atoms with Gasteiger partial charge in [-0.25, -0.2) is 9.97 Å². The fourth-order valence-corrected chi connectivity index (χ4v) is 4.13. The van der Waals surface area contributed by atoms with Gasteiger partial charge in [-0.1, -0.05) is 27.7 Å². The van der Waals surface area contributed by atoms with Crippen LogP contribution in [0.3, 0.4) is 0 Å². The molecular weight excluding hydrogens is 344 g/mol. The zero-order valence-electron chi connectivity index (χ0n) is 16.1. The van der Waals surface area contributed by atoms with Crippen molar-refractivity contribution in [2.45, 2.75) is 75.0 Å². The summed E-state index contributed by atoms with van der Waals surface area (Å²) >= 11 is 1.61. The molecule has 26 heavy (non-hydrogen) atoms. The molecule has 4 rings (SSSR count). The zero-order chi connectivity index (χ0) is 18.3. The van der Waals surface area contributed by atoms with Gasteiger partial charge >= 0.3 is 0 Å². The largest absolute Gasteiger partial charge is 0.341 e. The van der Waals surface area contributed by atoms with Crippen molar-refractivity contribution in [2.24, 2.45) is 5.92 Å². The summed E-state index contributed by atoms with van der Waals surface area (Å²) in [5.74, 6) is 2.73. The number of anilines is 1. The molecule has 0 spiro atoms. The average Bonchev–Trinajstić information content (AvgIpc) is 3.36. The van der Waals surface area contributed by atoms with Gasteiger partial charge in [0, 0.05) is 30.7 Å². The van der Waals surface area contributed by atoms with Gasteiger partial charge in [0.15, 0.2) is 5.16 Å². The molecule has 6 nitrogen and oxygen atoms in total.